The molecule has 0 saturated heterocycles. The van der Waals surface area contributed by atoms with Gasteiger partial charge in [0.2, 0.25) is 0 Å². The third-order valence-electron chi connectivity index (χ3n) is 3.01. The van der Waals surface area contributed by atoms with Crippen molar-refractivity contribution in [3.8, 4) is 0 Å². The second-order valence-corrected chi connectivity index (χ2v) is 5.02. The molecular weight excluding hydrogens is 222 g/mol. The Morgan fingerprint density at radius 1 is 1.17 bits per heavy atom. The Kier molecular flexibility index (Phi) is 7.70. The van der Waals surface area contributed by atoms with Gasteiger partial charge in [-0.05, 0) is 44.7 Å². The van der Waals surface area contributed by atoms with E-state index < -0.39 is 0 Å². The molecule has 0 amide bonds. The Balaban J connectivity index is 2.47. The van der Waals surface area contributed by atoms with E-state index in [2.05, 4.69) is 56.4 Å². The summed E-state index contributed by atoms with van der Waals surface area (Å²) in [6, 6.07) is 10.7. The quantitative estimate of drug-likeness (QED) is 0.675. The van der Waals surface area contributed by atoms with Crippen molar-refractivity contribution in [2.45, 2.75) is 45.6 Å². The molecule has 0 aliphatic rings. The largest absolute Gasteiger partial charge is 0.379 e. The summed E-state index contributed by atoms with van der Waals surface area (Å²) in [4.78, 5) is 0. The molecule has 0 aliphatic heterocycles. The zero-order chi connectivity index (χ0) is 13.2. The van der Waals surface area contributed by atoms with Gasteiger partial charge in [0.05, 0.1) is 6.10 Å². The molecule has 0 bridgehead atoms. The predicted molar refractivity (Wildman–Crippen MR) is 78.0 cm³/mol. The van der Waals surface area contributed by atoms with Crippen molar-refractivity contribution in [1.29, 1.82) is 0 Å². The molecule has 1 atom stereocenters. The van der Waals surface area contributed by atoms with Crippen molar-refractivity contribution < 1.29 is 4.74 Å². The second-order valence-electron chi connectivity index (χ2n) is 5.02. The molecule has 2 heteroatoms. The first kappa shape index (κ1) is 15.2. The highest BCUT2D eigenvalue weighted by atomic mass is 16.5. The maximum atomic E-state index is 5.67. The first-order valence-corrected chi connectivity index (χ1v) is 7.11. The van der Waals surface area contributed by atoms with Crippen molar-refractivity contribution in [2.24, 2.45) is 0 Å². The summed E-state index contributed by atoms with van der Waals surface area (Å²) in [7, 11) is 0. The molecule has 0 aliphatic carbocycles. The second kappa shape index (κ2) is 9.12. The van der Waals surface area contributed by atoms with Crippen LogP contribution in [0.3, 0.4) is 0 Å². The van der Waals surface area contributed by atoms with E-state index in [0.717, 1.165) is 26.1 Å². The smallest absolute Gasteiger partial charge is 0.0518 e. The van der Waals surface area contributed by atoms with Gasteiger partial charge in [-0.25, -0.2) is 0 Å². The van der Waals surface area contributed by atoms with Gasteiger partial charge in [-0.15, -0.1) is 0 Å². The van der Waals surface area contributed by atoms with E-state index in [1.54, 1.807) is 0 Å². The average Bonchev–Trinajstić information content (AvgIpc) is 2.38. The van der Waals surface area contributed by atoms with Gasteiger partial charge in [0.25, 0.3) is 0 Å². The summed E-state index contributed by atoms with van der Waals surface area (Å²) >= 11 is 0. The van der Waals surface area contributed by atoms with Crippen LogP contribution in [0.25, 0.3) is 0 Å². The SMILES string of the molecule is CCCNCC(CCOC(C)C)c1ccccc1. The topological polar surface area (TPSA) is 21.3 Å². The van der Waals surface area contributed by atoms with E-state index in [-0.39, 0.29) is 0 Å². The summed E-state index contributed by atoms with van der Waals surface area (Å²) in [5, 5.41) is 3.52. The summed E-state index contributed by atoms with van der Waals surface area (Å²) < 4.78 is 5.67. The highest BCUT2D eigenvalue weighted by Crippen LogP contribution is 2.19. The third kappa shape index (κ3) is 6.18. The Labute approximate surface area is 112 Å². The van der Waals surface area contributed by atoms with E-state index in [1.165, 1.54) is 12.0 Å². The van der Waals surface area contributed by atoms with Crippen LogP contribution in [0, 0.1) is 0 Å². The van der Waals surface area contributed by atoms with Gasteiger partial charge in [0.1, 0.15) is 0 Å². The van der Waals surface area contributed by atoms with Crippen LogP contribution < -0.4 is 5.32 Å². The van der Waals surface area contributed by atoms with Crippen molar-refractivity contribution in [3.63, 3.8) is 0 Å². The zero-order valence-corrected chi connectivity index (χ0v) is 12.0. The standard InChI is InChI=1S/C16H27NO/c1-4-11-17-13-16(10-12-18-14(2)3)15-8-6-5-7-9-15/h5-9,14,16-17H,4,10-13H2,1-3H3. The van der Waals surface area contributed by atoms with Crippen LogP contribution in [-0.2, 0) is 4.74 Å². The van der Waals surface area contributed by atoms with E-state index in [1.807, 2.05) is 0 Å². The summed E-state index contributed by atoms with van der Waals surface area (Å²) in [6.07, 6.45) is 2.59. The minimum Gasteiger partial charge on any atom is -0.379 e. The minimum absolute atomic E-state index is 0.324. The lowest BCUT2D eigenvalue weighted by Gasteiger charge is -2.19. The minimum atomic E-state index is 0.324. The molecule has 0 heterocycles. The van der Waals surface area contributed by atoms with E-state index in [0.29, 0.717) is 12.0 Å². The van der Waals surface area contributed by atoms with E-state index in [9.17, 15) is 0 Å². The predicted octanol–water partition coefficient (Wildman–Crippen LogP) is 3.58. The number of rotatable bonds is 9. The van der Waals surface area contributed by atoms with Crippen LogP contribution in [0.15, 0.2) is 30.3 Å². The number of hydrogen-bond acceptors (Lipinski definition) is 2. The van der Waals surface area contributed by atoms with E-state index >= 15 is 0 Å². The molecule has 1 aromatic rings. The van der Waals surface area contributed by atoms with Crippen molar-refractivity contribution in [2.75, 3.05) is 19.7 Å². The lowest BCUT2D eigenvalue weighted by molar-refractivity contribution is 0.0733. The molecular formula is C16H27NO. The first-order valence-electron chi connectivity index (χ1n) is 7.11. The number of nitrogens with one attached hydrogen (secondary N) is 1. The van der Waals surface area contributed by atoms with Gasteiger partial charge >= 0.3 is 0 Å². The Morgan fingerprint density at radius 2 is 1.89 bits per heavy atom. The lowest BCUT2D eigenvalue weighted by atomic mass is 9.96. The molecule has 0 saturated carbocycles. The molecule has 1 rings (SSSR count). The molecule has 1 N–H and O–H groups in total. The van der Waals surface area contributed by atoms with Crippen LogP contribution >= 0.6 is 0 Å². The first-order chi connectivity index (χ1) is 8.74. The fraction of sp³-hybridized carbons (Fsp3) is 0.625. The van der Waals surface area contributed by atoms with Gasteiger partial charge in [-0.1, -0.05) is 37.3 Å². The normalized spacial score (nSPS) is 12.9. The Morgan fingerprint density at radius 3 is 2.50 bits per heavy atom. The molecule has 102 valence electrons. The average molecular weight is 249 g/mol. The van der Waals surface area contributed by atoms with Crippen LogP contribution in [0.2, 0.25) is 0 Å². The van der Waals surface area contributed by atoms with Crippen LogP contribution in [0.1, 0.15) is 45.1 Å². The maximum absolute atomic E-state index is 5.67. The maximum Gasteiger partial charge on any atom is 0.0518 e. The van der Waals surface area contributed by atoms with Crippen LogP contribution in [-0.4, -0.2) is 25.8 Å². The van der Waals surface area contributed by atoms with Gasteiger partial charge in [-0.3, -0.25) is 0 Å². The lowest BCUT2D eigenvalue weighted by Crippen LogP contribution is -2.23. The molecule has 0 spiro atoms. The molecule has 0 fully saturated rings. The van der Waals surface area contributed by atoms with Gasteiger partial charge in [0.15, 0.2) is 0 Å². The van der Waals surface area contributed by atoms with E-state index in [4.69, 9.17) is 4.74 Å². The highest BCUT2D eigenvalue weighted by Gasteiger charge is 2.11. The molecule has 18 heavy (non-hydrogen) atoms. The van der Waals surface area contributed by atoms with Crippen molar-refractivity contribution in [3.05, 3.63) is 35.9 Å². The molecule has 0 aromatic heterocycles. The number of benzene rings is 1. The van der Waals surface area contributed by atoms with Crippen LogP contribution in [0.4, 0.5) is 0 Å². The summed E-state index contributed by atoms with van der Waals surface area (Å²) in [5.41, 5.74) is 1.41. The van der Waals surface area contributed by atoms with Gasteiger partial charge in [-0.2, -0.15) is 0 Å². The van der Waals surface area contributed by atoms with Crippen molar-refractivity contribution in [1.82, 2.24) is 5.32 Å². The fourth-order valence-corrected chi connectivity index (χ4v) is 2.01. The van der Waals surface area contributed by atoms with Gasteiger partial charge < -0.3 is 10.1 Å². The fourth-order valence-electron chi connectivity index (χ4n) is 2.01. The summed E-state index contributed by atoms with van der Waals surface area (Å²) in [5.74, 6) is 0.552. The van der Waals surface area contributed by atoms with Crippen molar-refractivity contribution >= 4 is 0 Å². The molecule has 2 nitrogen and oxygen atoms in total. The summed E-state index contributed by atoms with van der Waals surface area (Å²) in [6.45, 7) is 9.35. The molecule has 1 unspecified atom stereocenters. The van der Waals surface area contributed by atoms with Crippen LogP contribution in [0.5, 0.6) is 0 Å². The third-order valence-corrected chi connectivity index (χ3v) is 3.01. The van der Waals surface area contributed by atoms with Gasteiger partial charge in [0, 0.05) is 13.2 Å². The number of hydrogen-bond donors (Lipinski definition) is 1. The zero-order valence-electron chi connectivity index (χ0n) is 12.0. The monoisotopic (exact) mass is 249 g/mol. The molecule has 1 aromatic carbocycles. The molecule has 0 radical (unpaired) electrons. The Hall–Kier alpha value is -0.860. The highest BCUT2D eigenvalue weighted by molar-refractivity contribution is 5.19. The Bertz CT molecular complexity index is 297. The number of ether oxygens (including phenoxy) is 1.